The predicted molar refractivity (Wildman–Crippen MR) is 75.0 cm³/mol. The molecule has 0 saturated heterocycles. The number of benzene rings is 1. The van der Waals surface area contributed by atoms with Gasteiger partial charge in [-0.05, 0) is 18.9 Å². The maximum absolute atomic E-state index is 10.6. The standard InChI is InChI=1S/C15H18N2O3/c1-11-3-5-12(6-4-11)10-17-15(20-2)13(9-16-17)7-8-14(18)19/h3-6,9H,7-8,10H2,1-2H3,(H,18,19). The van der Waals surface area contributed by atoms with E-state index < -0.39 is 5.97 Å². The summed E-state index contributed by atoms with van der Waals surface area (Å²) in [5.41, 5.74) is 3.16. The lowest BCUT2D eigenvalue weighted by molar-refractivity contribution is -0.136. The first-order valence-electron chi connectivity index (χ1n) is 6.46. The Morgan fingerprint density at radius 1 is 1.35 bits per heavy atom. The number of rotatable bonds is 6. The number of nitrogens with zero attached hydrogens (tertiary/aromatic N) is 2. The molecular weight excluding hydrogens is 256 g/mol. The van der Waals surface area contributed by atoms with Crippen molar-refractivity contribution in [3.8, 4) is 5.88 Å². The average molecular weight is 274 g/mol. The summed E-state index contributed by atoms with van der Waals surface area (Å²) in [4.78, 5) is 10.6. The predicted octanol–water partition coefficient (Wildman–Crippen LogP) is 2.27. The van der Waals surface area contributed by atoms with Gasteiger partial charge in [0.2, 0.25) is 5.88 Å². The third-order valence-corrected chi connectivity index (χ3v) is 3.12. The average Bonchev–Trinajstić information content (AvgIpc) is 2.81. The van der Waals surface area contributed by atoms with Gasteiger partial charge in [-0.1, -0.05) is 29.8 Å². The zero-order valence-corrected chi connectivity index (χ0v) is 11.7. The minimum Gasteiger partial charge on any atom is -0.481 e. The minimum absolute atomic E-state index is 0.0760. The fourth-order valence-corrected chi connectivity index (χ4v) is 2.04. The molecule has 5 heteroatoms. The third-order valence-electron chi connectivity index (χ3n) is 3.12. The molecule has 0 atom stereocenters. The third kappa shape index (κ3) is 3.38. The van der Waals surface area contributed by atoms with Crippen molar-refractivity contribution in [2.45, 2.75) is 26.3 Å². The molecular formula is C15H18N2O3. The Labute approximate surface area is 117 Å². The second-order valence-corrected chi connectivity index (χ2v) is 4.72. The van der Waals surface area contributed by atoms with Crippen LogP contribution in [-0.4, -0.2) is 28.0 Å². The molecule has 1 heterocycles. The lowest BCUT2D eigenvalue weighted by Crippen LogP contribution is -2.05. The number of carboxylic acid groups (broad SMARTS) is 1. The van der Waals surface area contributed by atoms with E-state index in [1.165, 1.54) is 5.56 Å². The zero-order chi connectivity index (χ0) is 14.5. The van der Waals surface area contributed by atoms with E-state index in [-0.39, 0.29) is 6.42 Å². The normalized spacial score (nSPS) is 10.5. The van der Waals surface area contributed by atoms with Crippen molar-refractivity contribution in [1.29, 1.82) is 0 Å². The zero-order valence-electron chi connectivity index (χ0n) is 11.7. The molecule has 1 aromatic heterocycles. The molecule has 106 valence electrons. The molecule has 0 saturated carbocycles. The van der Waals surface area contributed by atoms with Gasteiger partial charge in [0.25, 0.3) is 0 Å². The van der Waals surface area contributed by atoms with Gasteiger partial charge in [0.1, 0.15) is 0 Å². The first kappa shape index (κ1) is 14.1. The van der Waals surface area contributed by atoms with E-state index in [0.29, 0.717) is 18.8 Å². The van der Waals surface area contributed by atoms with Gasteiger partial charge in [-0.3, -0.25) is 4.79 Å². The van der Waals surface area contributed by atoms with Crippen molar-refractivity contribution in [1.82, 2.24) is 9.78 Å². The molecule has 0 fully saturated rings. The fraction of sp³-hybridized carbons (Fsp3) is 0.333. The number of carbonyl (C=O) groups is 1. The number of methoxy groups -OCH3 is 1. The van der Waals surface area contributed by atoms with Crippen LogP contribution in [0.4, 0.5) is 0 Å². The van der Waals surface area contributed by atoms with Crippen LogP contribution in [0.2, 0.25) is 0 Å². The van der Waals surface area contributed by atoms with Crippen LogP contribution in [0.25, 0.3) is 0 Å². The summed E-state index contributed by atoms with van der Waals surface area (Å²) < 4.78 is 7.10. The number of aliphatic carboxylic acids is 1. The van der Waals surface area contributed by atoms with Crippen LogP contribution in [-0.2, 0) is 17.8 Å². The fourth-order valence-electron chi connectivity index (χ4n) is 2.04. The van der Waals surface area contributed by atoms with Crippen LogP contribution in [0.15, 0.2) is 30.5 Å². The first-order chi connectivity index (χ1) is 9.60. The van der Waals surface area contributed by atoms with Crippen molar-refractivity contribution >= 4 is 5.97 Å². The lowest BCUT2D eigenvalue weighted by Gasteiger charge is -2.08. The van der Waals surface area contributed by atoms with E-state index >= 15 is 0 Å². The Morgan fingerprint density at radius 3 is 2.65 bits per heavy atom. The number of aromatic nitrogens is 2. The monoisotopic (exact) mass is 274 g/mol. The van der Waals surface area contributed by atoms with E-state index in [4.69, 9.17) is 9.84 Å². The van der Waals surface area contributed by atoms with Gasteiger partial charge in [0.05, 0.1) is 19.9 Å². The largest absolute Gasteiger partial charge is 0.481 e. The van der Waals surface area contributed by atoms with Crippen LogP contribution in [0.5, 0.6) is 5.88 Å². The van der Waals surface area contributed by atoms with Gasteiger partial charge in [0.15, 0.2) is 0 Å². The van der Waals surface area contributed by atoms with Gasteiger partial charge in [-0.25, -0.2) is 4.68 Å². The lowest BCUT2D eigenvalue weighted by atomic mass is 10.1. The Kier molecular flexibility index (Phi) is 4.40. The summed E-state index contributed by atoms with van der Waals surface area (Å²) in [6, 6.07) is 8.20. The number of carboxylic acids is 1. The van der Waals surface area contributed by atoms with Crippen molar-refractivity contribution in [2.24, 2.45) is 0 Å². The van der Waals surface area contributed by atoms with Crippen molar-refractivity contribution < 1.29 is 14.6 Å². The van der Waals surface area contributed by atoms with Crippen molar-refractivity contribution in [2.75, 3.05) is 7.11 Å². The van der Waals surface area contributed by atoms with Gasteiger partial charge in [-0.15, -0.1) is 0 Å². The summed E-state index contributed by atoms with van der Waals surface area (Å²) in [7, 11) is 1.58. The molecule has 0 unspecified atom stereocenters. The molecule has 0 spiro atoms. The number of hydrogen-bond donors (Lipinski definition) is 1. The summed E-state index contributed by atoms with van der Waals surface area (Å²) in [5.74, 6) is -0.190. The number of hydrogen-bond acceptors (Lipinski definition) is 3. The molecule has 5 nitrogen and oxygen atoms in total. The molecule has 1 aromatic carbocycles. The summed E-state index contributed by atoms with van der Waals surface area (Å²) >= 11 is 0. The Hall–Kier alpha value is -2.30. The molecule has 2 rings (SSSR count). The highest BCUT2D eigenvalue weighted by Gasteiger charge is 2.12. The van der Waals surface area contributed by atoms with Gasteiger partial charge in [-0.2, -0.15) is 5.10 Å². The SMILES string of the molecule is COc1c(CCC(=O)O)cnn1Cc1ccc(C)cc1. The van der Waals surface area contributed by atoms with E-state index in [1.807, 2.05) is 19.1 Å². The maximum atomic E-state index is 10.6. The Balaban J connectivity index is 2.15. The van der Waals surface area contributed by atoms with Crippen LogP contribution >= 0.6 is 0 Å². The number of ether oxygens (including phenoxy) is 1. The van der Waals surface area contributed by atoms with Crippen molar-refractivity contribution in [3.63, 3.8) is 0 Å². The van der Waals surface area contributed by atoms with Gasteiger partial charge < -0.3 is 9.84 Å². The highest BCUT2D eigenvalue weighted by atomic mass is 16.5. The molecule has 0 aliphatic rings. The molecule has 0 amide bonds. The van der Waals surface area contributed by atoms with E-state index in [0.717, 1.165) is 11.1 Å². The first-order valence-corrected chi connectivity index (χ1v) is 6.46. The Bertz CT molecular complexity index is 588. The maximum Gasteiger partial charge on any atom is 0.303 e. The van der Waals surface area contributed by atoms with E-state index in [9.17, 15) is 4.79 Å². The molecule has 0 bridgehead atoms. The van der Waals surface area contributed by atoms with Gasteiger partial charge >= 0.3 is 5.97 Å². The second-order valence-electron chi connectivity index (χ2n) is 4.72. The summed E-state index contributed by atoms with van der Waals surface area (Å²) in [6.07, 6.45) is 2.18. The number of aryl methyl sites for hydroxylation is 2. The van der Waals surface area contributed by atoms with Crippen molar-refractivity contribution in [3.05, 3.63) is 47.2 Å². The van der Waals surface area contributed by atoms with Crippen LogP contribution in [0.3, 0.4) is 0 Å². The molecule has 0 radical (unpaired) electrons. The highest BCUT2D eigenvalue weighted by molar-refractivity contribution is 5.67. The molecule has 20 heavy (non-hydrogen) atoms. The summed E-state index contributed by atoms with van der Waals surface area (Å²) in [5, 5.41) is 13.0. The Morgan fingerprint density at radius 2 is 2.05 bits per heavy atom. The van der Waals surface area contributed by atoms with E-state index in [1.54, 1.807) is 18.0 Å². The van der Waals surface area contributed by atoms with Crippen LogP contribution in [0.1, 0.15) is 23.1 Å². The highest BCUT2D eigenvalue weighted by Crippen LogP contribution is 2.20. The second kappa shape index (κ2) is 6.23. The molecule has 0 aliphatic carbocycles. The quantitative estimate of drug-likeness (QED) is 0.877. The van der Waals surface area contributed by atoms with Crippen LogP contribution < -0.4 is 4.74 Å². The molecule has 1 N–H and O–H groups in total. The molecule has 0 aliphatic heterocycles. The summed E-state index contributed by atoms with van der Waals surface area (Å²) in [6.45, 7) is 2.65. The van der Waals surface area contributed by atoms with Crippen LogP contribution in [0, 0.1) is 6.92 Å². The van der Waals surface area contributed by atoms with E-state index in [2.05, 4.69) is 17.2 Å². The topological polar surface area (TPSA) is 64.3 Å². The van der Waals surface area contributed by atoms with Gasteiger partial charge in [0, 0.05) is 12.0 Å². The molecule has 2 aromatic rings. The minimum atomic E-state index is -0.821. The smallest absolute Gasteiger partial charge is 0.303 e.